The van der Waals surface area contributed by atoms with Crippen LogP contribution in [-0.2, 0) is 10.3 Å². The van der Waals surface area contributed by atoms with Crippen LogP contribution in [0.3, 0.4) is 0 Å². The molecular formula is C15H25N3O3. The maximum Gasteiger partial charge on any atom is 0.303 e. The highest BCUT2D eigenvalue weighted by Crippen LogP contribution is 2.11. The van der Waals surface area contributed by atoms with Crippen LogP contribution < -0.4 is 10.9 Å². The van der Waals surface area contributed by atoms with Crippen molar-refractivity contribution in [1.82, 2.24) is 9.55 Å². The summed E-state index contributed by atoms with van der Waals surface area (Å²) >= 11 is 0. The SMILES string of the molecule is CC(C)(C)n1ccnc(NCCCCCCC(=O)O)c1=O. The van der Waals surface area contributed by atoms with Gasteiger partial charge in [-0.05, 0) is 33.6 Å². The molecule has 0 spiro atoms. The summed E-state index contributed by atoms with van der Waals surface area (Å²) in [5.41, 5.74) is -0.385. The van der Waals surface area contributed by atoms with Crippen molar-refractivity contribution in [2.45, 2.75) is 58.4 Å². The molecule has 2 N–H and O–H groups in total. The number of anilines is 1. The average molecular weight is 295 g/mol. The third-order valence-corrected chi connectivity index (χ3v) is 3.17. The summed E-state index contributed by atoms with van der Waals surface area (Å²) < 4.78 is 1.66. The topological polar surface area (TPSA) is 84.2 Å². The van der Waals surface area contributed by atoms with Crippen molar-refractivity contribution in [3.8, 4) is 0 Å². The minimum absolute atomic E-state index is 0.115. The normalized spacial score (nSPS) is 11.4. The number of nitrogens with one attached hydrogen (secondary N) is 1. The van der Waals surface area contributed by atoms with Gasteiger partial charge in [-0.25, -0.2) is 4.98 Å². The van der Waals surface area contributed by atoms with E-state index in [2.05, 4.69) is 10.3 Å². The Hall–Kier alpha value is -1.85. The van der Waals surface area contributed by atoms with Crippen molar-refractivity contribution in [2.24, 2.45) is 0 Å². The lowest BCUT2D eigenvalue weighted by molar-refractivity contribution is -0.137. The molecule has 0 unspecified atom stereocenters. The van der Waals surface area contributed by atoms with Crippen LogP contribution in [0.4, 0.5) is 5.82 Å². The number of nitrogens with zero attached hydrogens (tertiary/aromatic N) is 2. The summed E-state index contributed by atoms with van der Waals surface area (Å²) in [5.74, 6) is -0.373. The van der Waals surface area contributed by atoms with E-state index < -0.39 is 5.97 Å². The minimum atomic E-state index is -0.746. The molecule has 6 nitrogen and oxygen atoms in total. The Bertz CT molecular complexity index is 518. The van der Waals surface area contributed by atoms with Gasteiger partial charge in [0.25, 0.3) is 5.56 Å². The second-order valence-electron chi connectivity index (χ2n) is 6.11. The van der Waals surface area contributed by atoms with Crippen LogP contribution in [0.2, 0.25) is 0 Å². The highest BCUT2D eigenvalue weighted by molar-refractivity contribution is 5.66. The molecular weight excluding hydrogens is 270 g/mol. The summed E-state index contributed by atoms with van der Waals surface area (Å²) in [6.07, 6.45) is 6.98. The fraction of sp³-hybridized carbons (Fsp3) is 0.667. The fourth-order valence-corrected chi connectivity index (χ4v) is 2.02. The lowest BCUT2D eigenvalue weighted by atomic mass is 10.1. The standard InChI is InChI=1S/C15H25N3O3/c1-15(2,3)18-11-10-17-13(14(18)21)16-9-7-5-4-6-8-12(19)20/h10-11H,4-9H2,1-3H3,(H,16,17)(H,19,20). The first-order chi connectivity index (χ1) is 9.82. The molecule has 0 fully saturated rings. The molecule has 0 aliphatic rings. The maximum atomic E-state index is 12.2. The Morgan fingerprint density at radius 3 is 2.57 bits per heavy atom. The van der Waals surface area contributed by atoms with Crippen LogP contribution in [-0.4, -0.2) is 27.2 Å². The van der Waals surface area contributed by atoms with E-state index in [1.807, 2.05) is 20.8 Å². The van der Waals surface area contributed by atoms with E-state index in [1.165, 1.54) is 0 Å². The van der Waals surface area contributed by atoms with Crippen molar-refractivity contribution in [3.05, 3.63) is 22.7 Å². The maximum absolute atomic E-state index is 12.2. The summed E-state index contributed by atoms with van der Waals surface area (Å²) in [6, 6.07) is 0. The van der Waals surface area contributed by atoms with E-state index in [-0.39, 0.29) is 17.5 Å². The average Bonchev–Trinajstić information content (AvgIpc) is 2.37. The molecule has 0 aliphatic carbocycles. The quantitative estimate of drug-likeness (QED) is 0.720. The monoisotopic (exact) mass is 295 g/mol. The first-order valence-electron chi connectivity index (χ1n) is 7.36. The number of aliphatic carboxylic acids is 1. The van der Waals surface area contributed by atoms with Crippen LogP contribution in [0.1, 0.15) is 52.9 Å². The van der Waals surface area contributed by atoms with Gasteiger partial charge in [-0.3, -0.25) is 9.59 Å². The Morgan fingerprint density at radius 2 is 1.95 bits per heavy atom. The second kappa shape index (κ2) is 7.81. The van der Waals surface area contributed by atoms with Gasteiger partial charge in [0.1, 0.15) is 0 Å². The van der Waals surface area contributed by atoms with Crippen LogP contribution in [0, 0.1) is 0 Å². The van der Waals surface area contributed by atoms with Gasteiger partial charge in [0, 0.05) is 30.9 Å². The van der Waals surface area contributed by atoms with Crippen LogP contribution in [0.5, 0.6) is 0 Å². The number of rotatable bonds is 8. The Kier molecular flexibility index (Phi) is 6.39. The molecule has 0 aliphatic heterocycles. The summed E-state index contributed by atoms with van der Waals surface area (Å²) in [5, 5.41) is 11.6. The largest absolute Gasteiger partial charge is 0.481 e. The van der Waals surface area contributed by atoms with Crippen molar-refractivity contribution in [3.63, 3.8) is 0 Å². The number of carboxylic acid groups (broad SMARTS) is 1. The molecule has 0 amide bonds. The number of carbonyl (C=O) groups is 1. The molecule has 0 saturated heterocycles. The Labute approximate surface area is 125 Å². The van der Waals surface area contributed by atoms with E-state index in [4.69, 9.17) is 5.11 Å². The molecule has 1 rings (SSSR count). The van der Waals surface area contributed by atoms with Crippen molar-refractivity contribution in [2.75, 3.05) is 11.9 Å². The van der Waals surface area contributed by atoms with Gasteiger partial charge in [0.15, 0.2) is 5.82 Å². The number of unbranched alkanes of at least 4 members (excludes halogenated alkanes) is 3. The molecule has 6 heteroatoms. The fourth-order valence-electron chi connectivity index (χ4n) is 2.02. The molecule has 1 heterocycles. The molecule has 0 radical (unpaired) electrons. The lowest BCUT2D eigenvalue weighted by Gasteiger charge is -2.22. The zero-order valence-electron chi connectivity index (χ0n) is 13.1. The third kappa shape index (κ3) is 5.97. The van der Waals surface area contributed by atoms with E-state index in [9.17, 15) is 9.59 Å². The van der Waals surface area contributed by atoms with Gasteiger partial charge in [-0.1, -0.05) is 12.8 Å². The third-order valence-electron chi connectivity index (χ3n) is 3.17. The minimum Gasteiger partial charge on any atom is -0.481 e. The smallest absolute Gasteiger partial charge is 0.303 e. The van der Waals surface area contributed by atoms with Gasteiger partial charge in [0.05, 0.1) is 0 Å². The molecule has 0 atom stereocenters. The number of hydrogen-bond acceptors (Lipinski definition) is 4. The van der Waals surface area contributed by atoms with Crippen LogP contribution in [0.15, 0.2) is 17.2 Å². The molecule has 118 valence electrons. The molecule has 1 aromatic heterocycles. The van der Waals surface area contributed by atoms with Crippen LogP contribution in [0.25, 0.3) is 0 Å². The van der Waals surface area contributed by atoms with Crippen molar-refractivity contribution >= 4 is 11.8 Å². The van der Waals surface area contributed by atoms with Gasteiger partial charge in [-0.2, -0.15) is 0 Å². The van der Waals surface area contributed by atoms with E-state index in [1.54, 1.807) is 17.0 Å². The molecule has 0 saturated carbocycles. The first-order valence-corrected chi connectivity index (χ1v) is 7.36. The van der Waals surface area contributed by atoms with Gasteiger partial charge in [-0.15, -0.1) is 0 Å². The Balaban J connectivity index is 2.40. The molecule has 0 aromatic carbocycles. The zero-order valence-corrected chi connectivity index (χ0v) is 13.1. The number of aromatic nitrogens is 2. The summed E-state index contributed by atoms with van der Waals surface area (Å²) in [4.78, 5) is 26.7. The van der Waals surface area contributed by atoms with Crippen molar-refractivity contribution in [1.29, 1.82) is 0 Å². The molecule has 1 aromatic rings. The van der Waals surface area contributed by atoms with Gasteiger partial charge in [0.2, 0.25) is 0 Å². The predicted molar refractivity (Wildman–Crippen MR) is 82.7 cm³/mol. The molecule has 0 bridgehead atoms. The summed E-state index contributed by atoms with van der Waals surface area (Å²) in [7, 11) is 0. The van der Waals surface area contributed by atoms with E-state index >= 15 is 0 Å². The van der Waals surface area contributed by atoms with Gasteiger partial charge >= 0.3 is 5.97 Å². The van der Waals surface area contributed by atoms with E-state index in [0.717, 1.165) is 19.3 Å². The lowest BCUT2D eigenvalue weighted by Crippen LogP contribution is -2.35. The Morgan fingerprint density at radius 1 is 1.29 bits per heavy atom. The second-order valence-corrected chi connectivity index (χ2v) is 6.11. The van der Waals surface area contributed by atoms with Crippen LogP contribution >= 0.6 is 0 Å². The predicted octanol–water partition coefficient (Wildman–Crippen LogP) is 2.45. The highest BCUT2D eigenvalue weighted by Gasteiger charge is 2.16. The highest BCUT2D eigenvalue weighted by atomic mass is 16.4. The van der Waals surface area contributed by atoms with Crippen molar-refractivity contribution < 1.29 is 9.90 Å². The zero-order chi connectivity index (χ0) is 15.9. The molecule has 21 heavy (non-hydrogen) atoms. The van der Waals surface area contributed by atoms with E-state index in [0.29, 0.717) is 18.8 Å². The number of hydrogen-bond donors (Lipinski definition) is 2. The van der Waals surface area contributed by atoms with Gasteiger partial charge < -0.3 is 15.0 Å². The summed E-state index contributed by atoms with van der Waals surface area (Å²) in [6.45, 7) is 6.59. The number of carboxylic acids is 1. The first kappa shape index (κ1) is 17.2.